The lowest BCUT2D eigenvalue weighted by molar-refractivity contribution is -0.140. The third-order valence-corrected chi connectivity index (χ3v) is 6.09. The standard InChI is InChI=1S/C29H38N2O6/c1-7-8-17-36-23-14-11-21(18-24(23)35-6)26-25(28(33)29(34)31(26)16-15-30(4)5)27(32)20-9-12-22(13-10-20)37-19(2)3/h9-14,18-19,26,32H,7-8,15-17H2,1-6H3/b27-25+. The number of unbranched alkanes of at least 4 members (excludes halogenated alkanes) is 1. The molecule has 1 heterocycles. The third kappa shape index (κ3) is 6.63. The second-order valence-electron chi connectivity index (χ2n) is 9.60. The molecule has 0 aliphatic carbocycles. The van der Waals surface area contributed by atoms with E-state index in [-0.39, 0.29) is 17.4 Å². The van der Waals surface area contributed by atoms with Crippen LogP contribution in [-0.2, 0) is 9.59 Å². The summed E-state index contributed by atoms with van der Waals surface area (Å²) in [6.07, 6.45) is 1.92. The van der Waals surface area contributed by atoms with Crippen LogP contribution in [0.2, 0.25) is 0 Å². The molecular formula is C29H38N2O6. The monoisotopic (exact) mass is 510 g/mol. The molecule has 0 aromatic heterocycles. The highest BCUT2D eigenvalue weighted by atomic mass is 16.5. The van der Waals surface area contributed by atoms with Gasteiger partial charge in [0.2, 0.25) is 0 Å². The van der Waals surface area contributed by atoms with Crippen LogP contribution in [0.25, 0.3) is 5.76 Å². The van der Waals surface area contributed by atoms with Crippen molar-refractivity contribution in [3.63, 3.8) is 0 Å². The van der Waals surface area contributed by atoms with Gasteiger partial charge in [-0.1, -0.05) is 19.4 Å². The molecule has 1 aliphatic rings. The third-order valence-electron chi connectivity index (χ3n) is 6.09. The lowest BCUT2D eigenvalue weighted by atomic mass is 9.95. The summed E-state index contributed by atoms with van der Waals surface area (Å²) in [6, 6.07) is 11.4. The molecule has 0 spiro atoms. The van der Waals surface area contributed by atoms with Crippen molar-refractivity contribution in [3.05, 3.63) is 59.2 Å². The van der Waals surface area contributed by atoms with Crippen molar-refractivity contribution in [1.29, 1.82) is 0 Å². The maximum atomic E-state index is 13.3. The number of hydrogen-bond donors (Lipinski definition) is 1. The number of rotatable bonds is 12. The number of amides is 1. The van der Waals surface area contributed by atoms with Crippen LogP contribution in [0.1, 0.15) is 50.8 Å². The van der Waals surface area contributed by atoms with Crippen molar-refractivity contribution in [2.75, 3.05) is 40.9 Å². The van der Waals surface area contributed by atoms with E-state index in [0.717, 1.165) is 12.8 Å². The highest BCUT2D eigenvalue weighted by Crippen LogP contribution is 2.42. The summed E-state index contributed by atoms with van der Waals surface area (Å²) in [6.45, 7) is 7.38. The van der Waals surface area contributed by atoms with Gasteiger partial charge in [-0.3, -0.25) is 9.59 Å². The van der Waals surface area contributed by atoms with E-state index in [0.29, 0.717) is 48.1 Å². The first-order valence-corrected chi connectivity index (χ1v) is 12.7. The molecule has 1 saturated heterocycles. The molecular weight excluding hydrogens is 472 g/mol. The lowest BCUT2D eigenvalue weighted by Gasteiger charge is -2.27. The largest absolute Gasteiger partial charge is 0.507 e. The minimum atomic E-state index is -0.773. The Morgan fingerprint density at radius 1 is 1.08 bits per heavy atom. The maximum absolute atomic E-state index is 13.3. The second kappa shape index (κ2) is 12.6. The molecule has 0 saturated carbocycles. The van der Waals surface area contributed by atoms with E-state index in [9.17, 15) is 14.7 Å². The number of methoxy groups -OCH3 is 1. The smallest absolute Gasteiger partial charge is 0.295 e. The maximum Gasteiger partial charge on any atom is 0.295 e. The first kappa shape index (κ1) is 28.1. The summed E-state index contributed by atoms with van der Waals surface area (Å²) >= 11 is 0. The molecule has 1 N–H and O–H groups in total. The van der Waals surface area contributed by atoms with Crippen LogP contribution >= 0.6 is 0 Å². The Labute approximate surface area is 219 Å². The van der Waals surface area contributed by atoms with Gasteiger partial charge < -0.3 is 29.1 Å². The SMILES string of the molecule is CCCCOc1ccc(C2/C(=C(\O)c3ccc(OC(C)C)cc3)C(=O)C(=O)N2CCN(C)C)cc1OC. The molecule has 1 unspecified atom stereocenters. The molecule has 1 amide bonds. The van der Waals surface area contributed by atoms with Crippen LogP contribution in [0.5, 0.6) is 17.2 Å². The average Bonchev–Trinajstić information content (AvgIpc) is 3.12. The molecule has 2 aromatic rings. The number of carbonyl (C=O) groups excluding carboxylic acids is 2. The predicted octanol–water partition coefficient (Wildman–Crippen LogP) is 4.64. The van der Waals surface area contributed by atoms with Gasteiger partial charge in [0.05, 0.1) is 31.4 Å². The van der Waals surface area contributed by atoms with E-state index in [4.69, 9.17) is 14.2 Å². The number of carbonyl (C=O) groups is 2. The Morgan fingerprint density at radius 2 is 1.78 bits per heavy atom. The summed E-state index contributed by atoms with van der Waals surface area (Å²) in [4.78, 5) is 29.9. The average molecular weight is 511 g/mol. The molecule has 37 heavy (non-hydrogen) atoms. The van der Waals surface area contributed by atoms with Crippen LogP contribution < -0.4 is 14.2 Å². The van der Waals surface area contributed by atoms with Crippen molar-refractivity contribution < 1.29 is 28.9 Å². The minimum absolute atomic E-state index is 0.00497. The molecule has 1 aliphatic heterocycles. The van der Waals surface area contributed by atoms with Crippen molar-refractivity contribution in [2.45, 2.75) is 45.8 Å². The van der Waals surface area contributed by atoms with E-state index in [1.807, 2.05) is 38.9 Å². The van der Waals surface area contributed by atoms with Gasteiger partial charge in [-0.05, 0) is 76.3 Å². The zero-order chi connectivity index (χ0) is 27.1. The van der Waals surface area contributed by atoms with Crippen LogP contribution in [0, 0.1) is 0 Å². The van der Waals surface area contributed by atoms with E-state index in [1.165, 1.54) is 4.90 Å². The van der Waals surface area contributed by atoms with Gasteiger partial charge in [-0.15, -0.1) is 0 Å². The summed E-state index contributed by atoms with van der Waals surface area (Å²) in [5.74, 6) is 0.154. The molecule has 200 valence electrons. The first-order chi connectivity index (χ1) is 17.7. The van der Waals surface area contributed by atoms with Gasteiger partial charge in [0.25, 0.3) is 11.7 Å². The van der Waals surface area contributed by atoms with Crippen molar-refractivity contribution in [1.82, 2.24) is 9.80 Å². The number of aliphatic hydroxyl groups excluding tert-OH is 1. The molecule has 0 bridgehead atoms. The van der Waals surface area contributed by atoms with Crippen LogP contribution in [0.15, 0.2) is 48.0 Å². The molecule has 1 fully saturated rings. The summed E-state index contributed by atoms with van der Waals surface area (Å²) in [5.41, 5.74) is 1.13. The number of Topliss-reactive ketones (excluding diaryl/α,β-unsaturated/α-hetero) is 1. The van der Waals surface area contributed by atoms with E-state index < -0.39 is 17.7 Å². The quantitative estimate of drug-likeness (QED) is 0.193. The minimum Gasteiger partial charge on any atom is -0.507 e. The van der Waals surface area contributed by atoms with Gasteiger partial charge in [-0.2, -0.15) is 0 Å². The fraction of sp³-hybridized carbons (Fsp3) is 0.448. The predicted molar refractivity (Wildman–Crippen MR) is 143 cm³/mol. The summed E-state index contributed by atoms with van der Waals surface area (Å²) in [5, 5.41) is 11.3. The van der Waals surface area contributed by atoms with Crippen molar-refractivity contribution in [3.8, 4) is 17.2 Å². The second-order valence-corrected chi connectivity index (χ2v) is 9.60. The Kier molecular flexibility index (Phi) is 9.58. The van der Waals surface area contributed by atoms with Gasteiger partial charge in [0.1, 0.15) is 11.5 Å². The fourth-order valence-corrected chi connectivity index (χ4v) is 4.18. The van der Waals surface area contributed by atoms with E-state index in [1.54, 1.807) is 43.5 Å². The van der Waals surface area contributed by atoms with Crippen LogP contribution in [0.4, 0.5) is 0 Å². The highest BCUT2D eigenvalue weighted by Gasteiger charge is 2.46. The number of ketones is 1. The topological polar surface area (TPSA) is 88.5 Å². The Hall–Kier alpha value is -3.52. The lowest BCUT2D eigenvalue weighted by Crippen LogP contribution is -2.35. The van der Waals surface area contributed by atoms with Gasteiger partial charge in [-0.25, -0.2) is 0 Å². The van der Waals surface area contributed by atoms with E-state index in [2.05, 4.69) is 6.92 Å². The van der Waals surface area contributed by atoms with E-state index >= 15 is 0 Å². The number of aliphatic hydroxyl groups is 1. The number of hydrogen-bond acceptors (Lipinski definition) is 7. The highest BCUT2D eigenvalue weighted by molar-refractivity contribution is 6.46. The Balaban J connectivity index is 2.08. The van der Waals surface area contributed by atoms with Gasteiger partial charge >= 0.3 is 0 Å². The van der Waals surface area contributed by atoms with Crippen LogP contribution in [-0.4, -0.2) is 73.6 Å². The van der Waals surface area contributed by atoms with Gasteiger partial charge in [0, 0.05) is 18.7 Å². The fourth-order valence-electron chi connectivity index (χ4n) is 4.18. The Bertz CT molecular complexity index is 1120. The normalized spacial score (nSPS) is 17.1. The number of likely N-dealkylation sites (tertiary alicyclic amines) is 1. The van der Waals surface area contributed by atoms with Gasteiger partial charge in [0.15, 0.2) is 11.5 Å². The first-order valence-electron chi connectivity index (χ1n) is 12.7. The molecule has 8 heteroatoms. The molecule has 2 aromatic carbocycles. The Morgan fingerprint density at radius 3 is 2.38 bits per heavy atom. The number of ether oxygens (including phenoxy) is 3. The van der Waals surface area contributed by atoms with Crippen molar-refractivity contribution in [2.24, 2.45) is 0 Å². The summed E-state index contributed by atoms with van der Waals surface area (Å²) < 4.78 is 17.1. The van der Waals surface area contributed by atoms with Crippen molar-refractivity contribution >= 4 is 17.4 Å². The zero-order valence-electron chi connectivity index (χ0n) is 22.6. The van der Waals surface area contributed by atoms with Crippen LogP contribution in [0.3, 0.4) is 0 Å². The number of nitrogens with zero attached hydrogens (tertiary/aromatic N) is 2. The number of likely N-dealkylation sites (N-methyl/N-ethyl adjacent to an activating group) is 1. The molecule has 8 nitrogen and oxygen atoms in total. The molecule has 3 rings (SSSR count). The molecule has 1 atom stereocenters. The zero-order valence-corrected chi connectivity index (χ0v) is 22.6. The molecule has 0 radical (unpaired) electrons. The number of benzene rings is 2. The summed E-state index contributed by atoms with van der Waals surface area (Å²) in [7, 11) is 5.35.